The van der Waals surface area contributed by atoms with Crippen LogP contribution in [0.15, 0.2) is 22.8 Å². The quantitative estimate of drug-likeness (QED) is 0.475. The number of terminal acetylenes is 1. The third-order valence-corrected chi connectivity index (χ3v) is 2.94. The molecule has 0 spiro atoms. The molecule has 0 saturated carbocycles. The van der Waals surface area contributed by atoms with Crippen LogP contribution in [0.25, 0.3) is 6.08 Å². The zero-order valence-electron chi connectivity index (χ0n) is 12.2. The number of rotatable bonds is 5. The predicted octanol–water partition coefficient (Wildman–Crippen LogP) is 3.07. The van der Waals surface area contributed by atoms with E-state index in [0.29, 0.717) is 34.6 Å². The van der Waals surface area contributed by atoms with E-state index in [4.69, 9.17) is 32.2 Å². The van der Waals surface area contributed by atoms with Crippen LogP contribution in [0.4, 0.5) is 0 Å². The molecule has 0 amide bonds. The molecule has 0 aliphatic carbocycles. The fourth-order valence-electron chi connectivity index (χ4n) is 1.86. The number of aliphatic imine (C=N–C) groups is 1. The molecule has 6 heteroatoms. The number of ether oxygens (including phenoxy) is 3. The molecule has 114 valence electrons. The van der Waals surface area contributed by atoms with Gasteiger partial charge < -0.3 is 14.2 Å². The topological polar surface area (TPSA) is 57.1 Å². The van der Waals surface area contributed by atoms with Crippen molar-refractivity contribution >= 4 is 29.5 Å². The summed E-state index contributed by atoms with van der Waals surface area (Å²) in [6.45, 7) is 3.96. The number of nitrogens with zero attached hydrogens (tertiary/aromatic N) is 1. The molecule has 0 unspecified atom stereocenters. The highest BCUT2D eigenvalue weighted by atomic mass is 35.5. The number of hydrogen-bond donors (Lipinski definition) is 0. The monoisotopic (exact) mass is 319 g/mol. The summed E-state index contributed by atoms with van der Waals surface area (Å²) in [4.78, 5) is 15.6. The Hall–Kier alpha value is -2.45. The molecule has 22 heavy (non-hydrogen) atoms. The van der Waals surface area contributed by atoms with Gasteiger partial charge in [-0.3, -0.25) is 0 Å². The average Bonchev–Trinajstić information content (AvgIpc) is 2.76. The van der Waals surface area contributed by atoms with Gasteiger partial charge in [0.2, 0.25) is 0 Å². The molecule has 1 aliphatic heterocycles. The van der Waals surface area contributed by atoms with Crippen LogP contribution in [0.1, 0.15) is 19.4 Å². The molecular formula is C16H14ClNO4. The Morgan fingerprint density at radius 1 is 1.45 bits per heavy atom. The van der Waals surface area contributed by atoms with Gasteiger partial charge in [-0.2, -0.15) is 0 Å². The third-order valence-electron chi connectivity index (χ3n) is 2.66. The standard InChI is InChI=1S/C16H14ClNO4/c1-4-6-21-15-12(17)7-11(9-14(15)20-5-2)8-13-16(19)22-10(3)18-13/h1,7-9H,5-6H2,2-3H3/b13-8+. The van der Waals surface area contributed by atoms with Crippen LogP contribution >= 0.6 is 11.6 Å². The summed E-state index contributed by atoms with van der Waals surface area (Å²) >= 11 is 6.20. The Kier molecular flexibility index (Phi) is 5.08. The second-order valence-corrected chi connectivity index (χ2v) is 4.71. The van der Waals surface area contributed by atoms with Crippen molar-refractivity contribution in [2.24, 2.45) is 4.99 Å². The van der Waals surface area contributed by atoms with Crippen molar-refractivity contribution in [1.29, 1.82) is 0 Å². The van der Waals surface area contributed by atoms with Gasteiger partial charge in [-0.25, -0.2) is 9.79 Å². The number of carbonyl (C=O) groups is 1. The van der Waals surface area contributed by atoms with Gasteiger partial charge in [0, 0.05) is 6.92 Å². The van der Waals surface area contributed by atoms with E-state index in [0.717, 1.165) is 0 Å². The number of hydrogen-bond acceptors (Lipinski definition) is 5. The molecule has 1 aromatic rings. The molecule has 0 radical (unpaired) electrons. The Morgan fingerprint density at radius 3 is 2.82 bits per heavy atom. The fourth-order valence-corrected chi connectivity index (χ4v) is 2.14. The van der Waals surface area contributed by atoms with E-state index in [2.05, 4.69) is 10.9 Å². The Labute approximate surface area is 133 Å². The number of carbonyl (C=O) groups excluding carboxylic acids is 1. The third kappa shape index (κ3) is 3.60. The lowest BCUT2D eigenvalue weighted by Gasteiger charge is -2.13. The summed E-state index contributed by atoms with van der Waals surface area (Å²) < 4.78 is 15.8. The second-order valence-electron chi connectivity index (χ2n) is 4.31. The predicted molar refractivity (Wildman–Crippen MR) is 84.1 cm³/mol. The van der Waals surface area contributed by atoms with Crippen LogP contribution in [-0.2, 0) is 9.53 Å². The van der Waals surface area contributed by atoms with Gasteiger partial charge in [0.1, 0.15) is 6.61 Å². The summed E-state index contributed by atoms with van der Waals surface area (Å²) in [6, 6.07) is 3.34. The Morgan fingerprint density at radius 2 is 2.23 bits per heavy atom. The van der Waals surface area contributed by atoms with Crippen molar-refractivity contribution in [1.82, 2.24) is 0 Å². The largest absolute Gasteiger partial charge is 0.490 e. The normalized spacial score (nSPS) is 15.3. The summed E-state index contributed by atoms with van der Waals surface area (Å²) in [5.74, 6) is 3.00. The average molecular weight is 320 g/mol. The van der Waals surface area contributed by atoms with Crippen LogP contribution in [0.5, 0.6) is 11.5 Å². The molecule has 0 fully saturated rings. The number of cyclic esters (lactones) is 1. The Bertz CT molecular complexity index is 701. The van der Waals surface area contributed by atoms with E-state index >= 15 is 0 Å². The molecule has 2 rings (SSSR count). The van der Waals surface area contributed by atoms with Crippen LogP contribution in [-0.4, -0.2) is 25.1 Å². The van der Waals surface area contributed by atoms with Gasteiger partial charge in [0.25, 0.3) is 0 Å². The van der Waals surface area contributed by atoms with Gasteiger partial charge in [-0.1, -0.05) is 17.5 Å². The van der Waals surface area contributed by atoms with Crippen molar-refractivity contribution in [2.75, 3.05) is 13.2 Å². The van der Waals surface area contributed by atoms with Gasteiger partial charge in [-0.15, -0.1) is 6.42 Å². The molecule has 1 heterocycles. The van der Waals surface area contributed by atoms with E-state index < -0.39 is 5.97 Å². The van der Waals surface area contributed by atoms with E-state index in [1.807, 2.05) is 6.92 Å². The van der Waals surface area contributed by atoms with Gasteiger partial charge in [-0.05, 0) is 30.7 Å². The number of esters is 1. The zero-order valence-corrected chi connectivity index (χ0v) is 12.9. The highest BCUT2D eigenvalue weighted by Gasteiger charge is 2.20. The molecular weight excluding hydrogens is 306 g/mol. The lowest BCUT2D eigenvalue weighted by Crippen LogP contribution is -2.01. The van der Waals surface area contributed by atoms with E-state index in [1.165, 1.54) is 0 Å². The molecule has 1 aromatic carbocycles. The first kappa shape index (κ1) is 15.9. The van der Waals surface area contributed by atoms with Crippen LogP contribution in [0.2, 0.25) is 5.02 Å². The molecule has 0 saturated heterocycles. The van der Waals surface area contributed by atoms with Gasteiger partial charge in [0.05, 0.1) is 11.6 Å². The summed E-state index contributed by atoms with van der Waals surface area (Å²) in [5.41, 5.74) is 0.847. The summed E-state index contributed by atoms with van der Waals surface area (Å²) in [6.07, 6.45) is 6.75. The SMILES string of the molecule is C#CCOc1c(Cl)cc(/C=C2/N=C(C)OC2=O)cc1OCC. The van der Waals surface area contributed by atoms with E-state index in [1.54, 1.807) is 25.1 Å². The molecule has 0 bridgehead atoms. The minimum Gasteiger partial charge on any atom is -0.490 e. The molecule has 1 aliphatic rings. The fraction of sp³-hybridized carbons (Fsp3) is 0.250. The van der Waals surface area contributed by atoms with Gasteiger partial charge in [0.15, 0.2) is 23.1 Å². The second kappa shape index (κ2) is 7.01. The van der Waals surface area contributed by atoms with Crippen LogP contribution in [0, 0.1) is 12.3 Å². The lowest BCUT2D eigenvalue weighted by molar-refractivity contribution is -0.130. The summed E-state index contributed by atoms with van der Waals surface area (Å²) in [7, 11) is 0. The molecule has 0 N–H and O–H groups in total. The highest BCUT2D eigenvalue weighted by Crippen LogP contribution is 2.37. The number of benzene rings is 1. The van der Waals surface area contributed by atoms with Crippen molar-refractivity contribution in [3.05, 3.63) is 28.4 Å². The smallest absolute Gasteiger partial charge is 0.363 e. The van der Waals surface area contributed by atoms with Crippen LogP contribution in [0.3, 0.4) is 0 Å². The molecule has 5 nitrogen and oxygen atoms in total. The van der Waals surface area contributed by atoms with Crippen molar-refractivity contribution in [2.45, 2.75) is 13.8 Å². The maximum atomic E-state index is 11.6. The highest BCUT2D eigenvalue weighted by molar-refractivity contribution is 6.32. The van der Waals surface area contributed by atoms with Crippen LogP contribution < -0.4 is 9.47 Å². The first-order valence-electron chi connectivity index (χ1n) is 6.57. The summed E-state index contributed by atoms with van der Waals surface area (Å²) in [5, 5.41) is 0.333. The van der Waals surface area contributed by atoms with Gasteiger partial charge >= 0.3 is 5.97 Å². The minimum atomic E-state index is -0.501. The number of halogens is 1. The zero-order chi connectivity index (χ0) is 16.1. The maximum absolute atomic E-state index is 11.6. The minimum absolute atomic E-state index is 0.0794. The molecule has 0 atom stereocenters. The van der Waals surface area contributed by atoms with Crippen molar-refractivity contribution in [3.8, 4) is 23.8 Å². The molecule has 0 aromatic heterocycles. The lowest BCUT2D eigenvalue weighted by atomic mass is 10.1. The Balaban J connectivity index is 2.40. The first-order chi connectivity index (χ1) is 10.5. The van der Waals surface area contributed by atoms with Crippen molar-refractivity contribution < 1.29 is 19.0 Å². The van der Waals surface area contributed by atoms with E-state index in [-0.39, 0.29) is 12.3 Å². The van der Waals surface area contributed by atoms with E-state index in [9.17, 15) is 4.79 Å². The maximum Gasteiger partial charge on any atom is 0.363 e. The first-order valence-corrected chi connectivity index (χ1v) is 6.94. The van der Waals surface area contributed by atoms with Crippen molar-refractivity contribution in [3.63, 3.8) is 0 Å².